The number of anilines is 2. The summed E-state index contributed by atoms with van der Waals surface area (Å²) in [6, 6.07) is 0.222. The van der Waals surface area contributed by atoms with Gasteiger partial charge < -0.3 is 20.1 Å². The molecule has 0 fully saturated rings. The van der Waals surface area contributed by atoms with Gasteiger partial charge in [-0.3, -0.25) is 5.10 Å². The van der Waals surface area contributed by atoms with Crippen molar-refractivity contribution in [1.82, 2.24) is 10.2 Å². The molecular weight excluding hydrogens is 208 g/mol. The Labute approximate surface area is 95.7 Å². The van der Waals surface area contributed by atoms with E-state index in [1.807, 2.05) is 0 Å². The van der Waals surface area contributed by atoms with Gasteiger partial charge in [0.15, 0.2) is 0 Å². The maximum Gasteiger partial charge on any atom is 0.142 e. The van der Waals surface area contributed by atoms with Gasteiger partial charge in [-0.15, -0.1) is 0 Å². The lowest BCUT2D eigenvalue weighted by Gasteiger charge is -2.29. The number of aromatic amines is 1. The summed E-state index contributed by atoms with van der Waals surface area (Å²) in [5.74, 6) is 0.569. The summed E-state index contributed by atoms with van der Waals surface area (Å²) < 4.78 is 10.2. The number of hydrogen-bond acceptors (Lipinski definition) is 5. The fourth-order valence-electron chi connectivity index (χ4n) is 1.62. The Bertz CT molecular complexity index is 303. The van der Waals surface area contributed by atoms with E-state index in [1.165, 1.54) is 0 Å². The standard InChI is InChI=1S/C10H20N4O2/c1-8(7-16-3)14(4-5-15-2)9-6-12-13-10(9)11/h6,8H,4-5,7H2,1-3H3,(H3,11,12,13). The quantitative estimate of drug-likeness (QED) is 0.710. The molecule has 0 saturated heterocycles. The highest BCUT2D eigenvalue weighted by Gasteiger charge is 2.17. The van der Waals surface area contributed by atoms with Crippen LogP contribution in [0, 0.1) is 0 Å². The van der Waals surface area contributed by atoms with E-state index in [0.29, 0.717) is 19.0 Å². The maximum atomic E-state index is 5.81. The van der Waals surface area contributed by atoms with Crippen LogP contribution in [0.2, 0.25) is 0 Å². The van der Waals surface area contributed by atoms with E-state index in [2.05, 4.69) is 22.0 Å². The van der Waals surface area contributed by atoms with E-state index in [1.54, 1.807) is 20.4 Å². The number of nitrogens with two attached hydrogens (primary N) is 1. The largest absolute Gasteiger partial charge is 0.383 e. The number of nitrogens with zero attached hydrogens (tertiary/aromatic N) is 2. The zero-order valence-electron chi connectivity index (χ0n) is 10.1. The monoisotopic (exact) mass is 228 g/mol. The molecule has 1 atom stereocenters. The first-order valence-electron chi connectivity index (χ1n) is 5.24. The molecule has 1 unspecified atom stereocenters. The van der Waals surface area contributed by atoms with Crippen LogP contribution in [0.3, 0.4) is 0 Å². The van der Waals surface area contributed by atoms with Gasteiger partial charge in [-0.1, -0.05) is 0 Å². The van der Waals surface area contributed by atoms with E-state index in [-0.39, 0.29) is 6.04 Å². The van der Waals surface area contributed by atoms with Gasteiger partial charge >= 0.3 is 0 Å². The molecule has 1 heterocycles. The summed E-state index contributed by atoms with van der Waals surface area (Å²) in [5.41, 5.74) is 6.70. The zero-order valence-corrected chi connectivity index (χ0v) is 10.1. The van der Waals surface area contributed by atoms with Crippen LogP contribution in [0.5, 0.6) is 0 Å². The Morgan fingerprint density at radius 3 is 2.75 bits per heavy atom. The molecule has 0 radical (unpaired) electrons. The molecule has 16 heavy (non-hydrogen) atoms. The third kappa shape index (κ3) is 3.11. The van der Waals surface area contributed by atoms with Crippen LogP contribution in [-0.2, 0) is 9.47 Å². The van der Waals surface area contributed by atoms with E-state index < -0.39 is 0 Å². The lowest BCUT2D eigenvalue weighted by atomic mass is 10.2. The molecule has 0 aliphatic carbocycles. The summed E-state index contributed by atoms with van der Waals surface area (Å²) in [5, 5.41) is 6.65. The van der Waals surface area contributed by atoms with Gasteiger partial charge in [0.2, 0.25) is 0 Å². The second kappa shape index (κ2) is 6.34. The molecule has 0 amide bonds. The number of hydrogen-bond donors (Lipinski definition) is 2. The predicted octanol–water partition coefficient (Wildman–Crippen LogP) is 0.480. The molecular formula is C10H20N4O2. The Kier molecular flexibility index (Phi) is 5.07. The first kappa shape index (κ1) is 12.8. The highest BCUT2D eigenvalue weighted by molar-refractivity contribution is 5.62. The molecule has 0 bridgehead atoms. The van der Waals surface area contributed by atoms with Crippen LogP contribution in [0.15, 0.2) is 6.20 Å². The highest BCUT2D eigenvalue weighted by atomic mass is 16.5. The second-order valence-electron chi connectivity index (χ2n) is 3.66. The Morgan fingerprint density at radius 2 is 2.25 bits per heavy atom. The maximum absolute atomic E-state index is 5.81. The van der Waals surface area contributed by atoms with Gasteiger partial charge in [0.25, 0.3) is 0 Å². The molecule has 0 spiro atoms. The fraction of sp³-hybridized carbons (Fsp3) is 0.700. The summed E-state index contributed by atoms with van der Waals surface area (Å²) in [6.45, 7) is 4.10. The van der Waals surface area contributed by atoms with Crippen molar-refractivity contribution in [3.05, 3.63) is 6.20 Å². The normalized spacial score (nSPS) is 12.7. The number of ether oxygens (including phenoxy) is 2. The third-order valence-electron chi connectivity index (χ3n) is 2.43. The number of rotatable bonds is 7. The minimum atomic E-state index is 0.222. The van der Waals surface area contributed by atoms with Crippen molar-refractivity contribution in [3.63, 3.8) is 0 Å². The van der Waals surface area contributed by atoms with Crippen molar-refractivity contribution < 1.29 is 9.47 Å². The zero-order chi connectivity index (χ0) is 12.0. The SMILES string of the molecule is COCCN(c1cn[nH]c1N)C(C)COC. The van der Waals surface area contributed by atoms with E-state index in [9.17, 15) is 0 Å². The summed E-state index contributed by atoms with van der Waals surface area (Å²) in [7, 11) is 3.36. The van der Waals surface area contributed by atoms with Crippen LogP contribution in [0.1, 0.15) is 6.92 Å². The van der Waals surface area contributed by atoms with E-state index in [0.717, 1.165) is 12.2 Å². The summed E-state index contributed by atoms with van der Waals surface area (Å²) in [4.78, 5) is 2.12. The van der Waals surface area contributed by atoms with Gasteiger partial charge in [-0.25, -0.2) is 0 Å². The van der Waals surface area contributed by atoms with E-state index >= 15 is 0 Å². The number of methoxy groups -OCH3 is 2. The van der Waals surface area contributed by atoms with Crippen LogP contribution in [0.4, 0.5) is 11.5 Å². The van der Waals surface area contributed by atoms with Gasteiger partial charge in [0.1, 0.15) is 5.82 Å². The van der Waals surface area contributed by atoms with Crippen molar-refractivity contribution in [2.75, 3.05) is 44.6 Å². The van der Waals surface area contributed by atoms with E-state index in [4.69, 9.17) is 15.2 Å². The van der Waals surface area contributed by atoms with Crippen LogP contribution in [-0.4, -0.2) is 50.2 Å². The minimum absolute atomic E-state index is 0.222. The molecule has 6 heteroatoms. The number of nitrogen functional groups attached to an aromatic ring is 1. The minimum Gasteiger partial charge on any atom is -0.383 e. The molecule has 0 aromatic carbocycles. The van der Waals surface area contributed by atoms with Crippen molar-refractivity contribution in [1.29, 1.82) is 0 Å². The fourth-order valence-corrected chi connectivity index (χ4v) is 1.62. The average Bonchev–Trinajstić information content (AvgIpc) is 2.66. The van der Waals surface area contributed by atoms with Crippen molar-refractivity contribution in [2.45, 2.75) is 13.0 Å². The molecule has 6 nitrogen and oxygen atoms in total. The van der Waals surface area contributed by atoms with Gasteiger partial charge in [0, 0.05) is 26.8 Å². The molecule has 92 valence electrons. The molecule has 1 aromatic rings. The summed E-state index contributed by atoms with van der Waals surface area (Å²) >= 11 is 0. The molecule has 3 N–H and O–H groups in total. The Hall–Kier alpha value is -1.27. The predicted molar refractivity (Wildman–Crippen MR) is 63.6 cm³/mol. The lowest BCUT2D eigenvalue weighted by Crippen LogP contribution is -2.38. The van der Waals surface area contributed by atoms with Gasteiger partial charge in [0.05, 0.1) is 25.1 Å². The van der Waals surface area contributed by atoms with Gasteiger partial charge in [-0.2, -0.15) is 5.10 Å². The second-order valence-corrected chi connectivity index (χ2v) is 3.66. The Balaban J connectivity index is 2.74. The molecule has 0 aliphatic heterocycles. The number of aromatic nitrogens is 2. The highest BCUT2D eigenvalue weighted by Crippen LogP contribution is 2.21. The lowest BCUT2D eigenvalue weighted by molar-refractivity contribution is 0.171. The third-order valence-corrected chi connectivity index (χ3v) is 2.43. The van der Waals surface area contributed by atoms with Crippen molar-refractivity contribution in [2.24, 2.45) is 0 Å². The number of H-pyrrole nitrogens is 1. The van der Waals surface area contributed by atoms with Gasteiger partial charge in [-0.05, 0) is 6.92 Å². The Morgan fingerprint density at radius 1 is 1.50 bits per heavy atom. The summed E-state index contributed by atoms with van der Waals surface area (Å²) in [6.07, 6.45) is 1.72. The average molecular weight is 228 g/mol. The first-order chi connectivity index (χ1) is 7.70. The van der Waals surface area contributed by atoms with Crippen molar-refractivity contribution in [3.8, 4) is 0 Å². The topological polar surface area (TPSA) is 76.4 Å². The van der Waals surface area contributed by atoms with Crippen molar-refractivity contribution >= 4 is 11.5 Å². The van der Waals surface area contributed by atoms with Crippen LogP contribution in [0.25, 0.3) is 0 Å². The molecule has 1 rings (SSSR count). The molecule has 0 aliphatic rings. The van der Waals surface area contributed by atoms with Crippen LogP contribution >= 0.6 is 0 Å². The molecule has 1 aromatic heterocycles. The first-order valence-corrected chi connectivity index (χ1v) is 5.24. The smallest absolute Gasteiger partial charge is 0.142 e. The number of nitrogens with one attached hydrogen (secondary N) is 1. The van der Waals surface area contributed by atoms with Crippen LogP contribution < -0.4 is 10.6 Å². The molecule has 0 saturated carbocycles.